The van der Waals surface area contributed by atoms with Crippen LogP contribution in [0.1, 0.15) is 50.9 Å². The van der Waals surface area contributed by atoms with Crippen molar-refractivity contribution in [1.82, 2.24) is 9.71 Å². The fourth-order valence-corrected chi connectivity index (χ4v) is 4.03. The molecule has 136 valence electrons. The van der Waals surface area contributed by atoms with Crippen molar-refractivity contribution in [2.75, 3.05) is 20.3 Å². The van der Waals surface area contributed by atoms with Gasteiger partial charge in [-0.05, 0) is 61.5 Å². The molecule has 1 aliphatic rings. The van der Waals surface area contributed by atoms with Crippen LogP contribution in [0, 0.1) is 5.92 Å². The maximum atomic E-state index is 12.7. The van der Waals surface area contributed by atoms with Crippen molar-refractivity contribution in [3.05, 3.63) is 28.0 Å². The lowest BCUT2D eigenvalue weighted by atomic mass is 9.88. The highest BCUT2D eigenvalue weighted by molar-refractivity contribution is 9.10. The molecule has 0 aromatic carbocycles. The van der Waals surface area contributed by atoms with Crippen LogP contribution in [0.5, 0.6) is 0 Å². The molecule has 0 bridgehead atoms. The third kappa shape index (κ3) is 5.33. The Labute approximate surface area is 155 Å². The average Bonchev–Trinajstić information content (AvgIpc) is 2.53. The molecule has 0 saturated carbocycles. The van der Waals surface area contributed by atoms with Crippen molar-refractivity contribution >= 4 is 26.9 Å². The smallest absolute Gasteiger partial charge is 0.0976 e. The summed E-state index contributed by atoms with van der Waals surface area (Å²) >= 11 is 3.48. The van der Waals surface area contributed by atoms with E-state index in [2.05, 4.69) is 25.6 Å². The van der Waals surface area contributed by atoms with Crippen LogP contribution in [0.25, 0.3) is 0 Å². The van der Waals surface area contributed by atoms with E-state index < -0.39 is 11.0 Å². The van der Waals surface area contributed by atoms with Crippen LogP contribution in [0.4, 0.5) is 0 Å². The number of hydrogen-bond acceptors (Lipinski definition) is 4. The van der Waals surface area contributed by atoms with Gasteiger partial charge in [-0.1, -0.05) is 0 Å². The summed E-state index contributed by atoms with van der Waals surface area (Å²) in [5.41, 5.74) is 1.94. The van der Waals surface area contributed by atoms with Crippen molar-refractivity contribution < 1.29 is 13.7 Å². The van der Waals surface area contributed by atoms with Gasteiger partial charge in [-0.2, -0.15) is 0 Å². The van der Waals surface area contributed by atoms with E-state index in [1.807, 2.05) is 26.8 Å². The Morgan fingerprint density at radius 1 is 1.46 bits per heavy atom. The maximum absolute atomic E-state index is 12.7. The third-order valence-electron chi connectivity index (χ3n) is 4.09. The van der Waals surface area contributed by atoms with Gasteiger partial charge < -0.3 is 9.47 Å². The van der Waals surface area contributed by atoms with Crippen molar-refractivity contribution in [2.24, 2.45) is 5.92 Å². The van der Waals surface area contributed by atoms with Crippen molar-refractivity contribution in [2.45, 2.75) is 51.0 Å². The Morgan fingerprint density at radius 3 is 2.71 bits per heavy atom. The minimum Gasteiger partial charge on any atom is -0.381 e. The SMILES string of the molecule is COCc1cc(Br)cnc1[C@@H](NS(=O)C(C)(C)C)C1CCOCC1. The monoisotopic (exact) mass is 418 g/mol. The predicted molar refractivity (Wildman–Crippen MR) is 100.0 cm³/mol. The summed E-state index contributed by atoms with van der Waals surface area (Å²) in [6, 6.07) is 1.95. The fraction of sp³-hybridized carbons (Fsp3) is 0.706. The van der Waals surface area contributed by atoms with Gasteiger partial charge in [-0.15, -0.1) is 0 Å². The number of rotatable bonds is 6. The molecule has 2 rings (SSSR count). The van der Waals surface area contributed by atoms with Crippen molar-refractivity contribution in [1.29, 1.82) is 0 Å². The summed E-state index contributed by atoms with van der Waals surface area (Å²) in [6.07, 6.45) is 3.66. The van der Waals surface area contributed by atoms with Gasteiger partial charge in [0.1, 0.15) is 0 Å². The van der Waals surface area contributed by atoms with Gasteiger partial charge in [0.15, 0.2) is 0 Å². The van der Waals surface area contributed by atoms with E-state index in [-0.39, 0.29) is 10.8 Å². The summed E-state index contributed by atoms with van der Waals surface area (Å²) in [5, 5.41) is 0. The lowest BCUT2D eigenvalue weighted by Gasteiger charge is -2.33. The van der Waals surface area contributed by atoms with Crippen LogP contribution in [0.3, 0.4) is 0 Å². The molecule has 2 atom stereocenters. The van der Waals surface area contributed by atoms with Gasteiger partial charge in [0.05, 0.1) is 34.1 Å². The molecule has 1 aliphatic heterocycles. The van der Waals surface area contributed by atoms with E-state index in [0.29, 0.717) is 12.5 Å². The first-order chi connectivity index (χ1) is 11.3. The maximum Gasteiger partial charge on any atom is 0.0976 e. The zero-order valence-electron chi connectivity index (χ0n) is 14.8. The molecular weight excluding hydrogens is 392 g/mol. The summed E-state index contributed by atoms with van der Waals surface area (Å²) in [6.45, 7) is 7.88. The summed E-state index contributed by atoms with van der Waals surface area (Å²) in [4.78, 5) is 4.64. The van der Waals surface area contributed by atoms with E-state index >= 15 is 0 Å². The van der Waals surface area contributed by atoms with Crippen molar-refractivity contribution in [3.63, 3.8) is 0 Å². The van der Waals surface area contributed by atoms with E-state index in [1.165, 1.54) is 0 Å². The Morgan fingerprint density at radius 2 is 2.12 bits per heavy atom. The molecule has 1 saturated heterocycles. The highest BCUT2D eigenvalue weighted by Gasteiger charge is 2.32. The molecule has 24 heavy (non-hydrogen) atoms. The number of pyridine rings is 1. The number of methoxy groups -OCH3 is 1. The number of nitrogens with zero attached hydrogens (tertiary/aromatic N) is 1. The number of nitrogens with one attached hydrogen (secondary N) is 1. The van der Waals surface area contributed by atoms with Crippen LogP contribution in [-0.2, 0) is 27.1 Å². The zero-order chi connectivity index (χ0) is 17.7. The Kier molecular flexibility index (Phi) is 7.37. The van der Waals surface area contributed by atoms with Gasteiger partial charge in [-0.25, -0.2) is 8.93 Å². The minimum absolute atomic E-state index is 0.0767. The molecule has 1 fully saturated rings. The summed E-state index contributed by atoms with van der Waals surface area (Å²) in [7, 11) is 0.505. The lowest BCUT2D eigenvalue weighted by molar-refractivity contribution is 0.0557. The predicted octanol–water partition coefficient (Wildman–Crippen LogP) is 3.51. The van der Waals surface area contributed by atoms with E-state index in [4.69, 9.17) is 9.47 Å². The van der Waals surface area contributed by atoms with E-state index in [9.17, 15) is 4.21 Å². The molecule has 1 N–H and O–H groups in total. The number of aromatic nitrogens is 1. The molecule has 1 aromatic heterocycles. The highest BCUT2D eigenvalue weighted by atomic mass is 79.9. The first-order valence-corrected chi connectivity index (χ1v) is 10.2. The average molecular weight is 419 g/mol. The number of hydrogen-bond donors (Lipinski definition) is 1. The normalized spacial score (nSPS) is 19.2. The molecular formula is C17H27BrN2O3S. The molecule has 0 spiro atoms. The fourth-order valence-electron chi connectivity index (χ4n) is 2.76. The Balaban J connectivity index is 2.36. The standard InChI is InChI=1S/C17H27BrN2O3S/c1-17(2,3)24(21)20-16(12-5-7-23-8-6-12)15-13(11-22-4)9-14(18)10-19-15/h9-10,12,16,20H,5-8,11H2,1-4H3/t16-,24?/m0/s1. The second kappa shape index (κ2) is 8.85. The second-order valence-corrected chi connectivity index (χ2v) is 9.97. The second-order valence-electron chi connectivity index (χ2n) is 7.06. The molecule has 1 aromatic rings. The van der Waals surface area contributed by atoms with Gasteiger partial charge in [0.2, 0.25) is 0 Å². The minimum atomic E-state index is -1.17. The Bertz CT molecular complexity index is 571. The van der Waals surface area contributed by atoms with Gasteiger partial charge in [0.25, 0.3) is 0 Å². The van der Waals surface area contributed by atoms with Crippen LogP contribution in [0.2, 0.25) is 0 Å². The van der Waals surface area contributed by atoms with Gasteiger partial charge >= 0.3 is 0 Å². The first-order valence-electron chi connectivity index (χ1n) is 8.22. The topological polar surface area (TPSA) is 60.5 Å². The molecule has 2 heterocycles. The summed E-state index contributed by atoms with van der Waals surface area (Å²) in [5.74, 6) is 0.342. The summed E-state index contributed by atoms with van der Waals surface area (Å²) < 4.78 is 27.5. The lowest BCUT2D eigenvalue weighted by Crippen LogP contribution is -2.40. The zero-order valence-corrected chi connectivity index (χ0v) is 17.2. The van der Waals surface area contributed by atoms with Gasteiger partial charge in [0, 0.05) is 36.6 Å². The third-order valence-corrected chi connectivity index (χ3v) is 6.10. The van der Waals surface area contributed by atoms with Gasteiger partial charge in [-0.3, -0.25) is 4.98 Å². The van der Waals surface area contributed by atoms with Crippen LogP contribution in [0.15, 0.2) is 16.7 Å². The quantitative estimate of drug-likeness (QED) is 0.767. The first kappa shape index (κ1) is 20.0. The number of ether oxygens (including phenoxy) is 2. The highest BCUT2D eigenvalue weighted by Crippen LogP contribution is 2.33. The van der Waals surface area contributed by atoms with E-state index in [1.54, 1.807) is 13.3 Å². The number of halogens is 1. The molecule has 1 unspecified atom stereocenters. The molecule has 0 radical (unpaired) electrons. The van der Waals surface area contributed by atoms with Crippen LogP contribution in [-0.4, -0.2) is 34.3 Å². The van der Waals surface area contributed by atoms with Crippen LogP contribution >= 0.6 is 15.9 Å². The molecule has 7 heteroatoms. The van der Waals surface area contributed by atoms with Crippen LogP contribution < -0.4 is 4.72 Å². The Hall–Kier alpha value is -0.340. The molecule has 0 aliphatic carbocycles. The molecule has 5 nitrogen and oxygen atoms in total. The van der Waals surface area contributed by atoms with E-state index in [0.717, 1.165) is 41.8 Å². The largest absolute Gasteiger partial charge is 0.381 e. The van der Waals surface area contributed by atoms with Crippen molar-refractivity contribution in [3.8, 4) is 0 Å². The molecule has 0 amide bonds.